The molecular weight excluding hydrogens is 392 g/mol. The number of H-pyrrole nitrogens is 1. The van der Waals surface area contributed by atoms with Crippen LogP contribution in [0.4, 0.5) is 5.82 Å². The normalized spacial score (nSPS) is 15.2. The second-order valence-electron chi connectivity index (χ2n) is 8.04. The number of rotatable bonds is 5. The molecule has 0 saturated carbocycles. The molecule has 1 saturated heterocycles. The van der Waals surface area contributed by atoms with E-state index >= 15 is 0 Å². The predicted molar refractivity (Wildman–Crippen MR) is 120 cm³/mol. The van der Waals surface area contributed by atoms with Crippen LogP contribution < -0.4 is 10.2 Å². The number of nitrogens with one attached hydrogen (secondary N) is 2. The van der Waals surface area contributed by atoms with Gasteiger partial charge in [-0.1, -0.05) is 18.2 Å². The predicted octanol–water partition coefficient (Wildman–Crippen LogP) is 1.97. The molecule has 1 fully saturated rings. The smallest absolute Gasteiger partial charge is 0.245 e. The third-order valence-electron chi connectivity index (χ3n) is 5.64. The lowest BCUT2D eigenvalue weighted by Gasteiger charge is -2.37. The van der Waals surface area contributed by atoms with Crippen molar-refractivity contribution >= 4 is 28.5 Å². The molecule has 1 aromatic carbocycles. The van der Waals surface area contributed by atoms with E-state index in [9.17, 15) is 9.59 Å². The zero-order valence-corrected chi connectivity index (χ0v) is 18.2. The highest BCUT2D eigenvalue weighted by atomic mass is 16.2. The molecule has 0 radical (unpaired) electrons. The van der Waals surface area contributed by atoms with Crippen molar-refractivity contribution < 1.29 is 9.59 Å². The Kier molecular flexibility index (Phi) is 5.88. The number of fused-ring (bicyclic) bond motifs is 1. The zero-order valence-electron chi connectivity index (χ0n) is 18.2. The summed E-state index contributed by atoms with van der Waals surface area (Å²) in [6.07, 6.45) is 2.37. The summed E-state index contributed by atoms with van der Waals surface area (Å²) in [6.45, 7) is 7.87. The number of para-hydroxylation sites is 1. The van der Waals surface area contributed by atoms with Crippen LogP contribution in [-0.2, 0) is 16.0 Å². The summed E-state index contributed by atoms with van der Waals surface area (Å²) in [6, 6.07) is 9.36. The third-order valence-corrected chi connectivity index (χ3v) is 5.64. The minimum Gasteiger partial charge on any atom is -0.361 e. The van der Waals surface area contributed by atoms with E-state index in [0.717, 1.165) is 33.8 Å². The summed E-state index contributed by atoms with van der Waals surface area (Å²) in [5.74, 6) is 1.39. The number of carbonyl (C=O) groups is 2. The zero-order chi connectivity index (χ0) is 22.0. The van der Waals surface area contributed by atoms with Crippen molar-refractivity contribution in [3.8, 4) is 0 Å². The Morgan fingerprint density at radius 1 is 1.13 bits per heavy atom. The van der Waals surface area contributed by atoms with Gasteiger partial charge in [-0.15, -0.1) is 0 Å². The molecule has 0 spiro atoms. The molecular formula is C23H28N6O2. The van der Waals surface area contributed by atoms with Gasteiger partial charge in [-0.25, -0.2) is 9.97 Å². The number of amides is 2. The summed E-state index contributed by atoms with van der Waals surface area (Å²) in [5, 5.41) is 3.93. The van der Waals surface area contributed by atoms with Crippen LogP contribution in [0.3, 0.4) is 0 Å². The Morgan fingerprint density at radius 3 is 2.58 bits per heavy atom. The van der Waals surface area contributed by atoms with Crippen molar-refractivity contribution in [2.24, 2.45) is 0 Å². The van der Waals surface area contributed by atoms with Crippen LogP contribution in [0.2, 0.25) is 0 Å². The molecule has 8 nitrogen and oxygen atoms in total. The molecule has 3 aromatic rings. The fourth-order valence-corrected chi connectivity index (χ4v) is 4.20. The molecule has 3 heterocycles. The molecule has 0 bridgehead atoms. The molecule has 8 heteroatoms. The number of hydrogen-bond donors (Lipinski definition) is 2. The summed E-state index contributed by atoms with van der Waals surface area (Å²) < 4.78 is 0. The molecule has 4 rings (SSSR count). The van der Waals surface area contributed by atoms with E-state index in [0.29, 0.717) is 32.6 Å². The Balaban J connectivity index is 1.46. The first-order chi connectivity index (χ1) is 14.9. The number of carbonyl (C=O) groups excluding carboxylic acids is 2. The van der Waals surface area contributed by atoms with Gasteiger partial charge < -0.3 is 20.1 Å². The number of nitrogens with zero attached hydrogens (tertiary/aromatic N) is 4. The maximum absolute atomic E-state index is 13.3. The SMILES string of the molecule is CC(=O)NC(Cc1c[nH]c2ccccc12)C(=O)N1CCN(c2cc(C)nc(C)n2)CC1. The van der Waals surface area contributed by atoms with Crippen LogP contribution in [0.1, 0.15) is 24.0 Å². The van der Waals surface area contributed by atoms with Crippen LogP contribution in [-0.4, -0.2) is 63.9 Å². The van der Waals surface area contributed by atoms with Crippen LogP contribution >= 0.6 is 0 Å². The van der Waals surface area contributed by atoms with E-state index in [4.69, 9.17) is 0 Å². The Morgan fingerprint density at radius 2 is 1.87 bits per heavy atom. The molecule has 2 N–H and O–H groups in total. The lowest BCUT2D eigenvalue weighted by atomic mass is 10.0. The molecule has 1 aliphatic heterocycles. The summed E-state index contributed by atoms with van der Waals surface area (Å²) in [5.41, 5.74) is 2.98. The van der Waals surface area contributed by atoms with Crippen molar-refractivity contribution in [2.75, 3.05) is 31.1 Å². The number of piperazine rings is 1. The van der Waals surface area contributed by atoms with Gasteiger partial charge in [0.15, 0.2) is 0 Å². The fourth-order valence-electron chi connectivity index (χ4n) is 4.20. The van der Waals surface area contributed by atoms with Crippen molar-refractivity contribution in [3.05, 3.63) is 53.6 Å². The van der Waals surface area contributed by atoms with E-state index in [1.54, 1.807) is 0 Å². The van der Waals surface area contributed by atoms with Crippen LogP contribution in [0.25, 0.3) is 10.9 Å². The summed E-state index contributed by atoms with van der Waals surface area (Å²) in [4.78, 5) is 41.3. The maximum Gasteiger partial charge on any atom is 0.245 e. The molecule has 0 aliphatic carbocycles. The largest absolute Gasteiger partial charge is 0.361 e. The minimum absolute atomic E-state index is 0.0461. The van der Waals surface area contributed by atoms with Gasteiger partial charge in [0.1, 0.15) is 17.7 Å². The van der Waals surface area contributed by atoms with Gasteiger partial charge in [0.05, 0.1) is 0 Å². The summed E-state index contributed by atoms with van der Waals surface area (Å²) >= 11 is 0. The van der Waals surface area contributed by atoms with Crippen LogP contribution in [0.15, 0.2) is 36.5 Å². The Hall–Kier alpha value is -3.42. The lowest BCUT2D eigenvalue weighted by Crippen LogP contribution is -2.55. The van der Waals surface area contributed by atoms with E-state index in [2.05, 4.69) is 25.2 Å². The number of benzene rings is 1. The number of anilines is 1. The first kappa shape index (κ1) is 20.8. The maximum atomic E-state index is 13.3. The number of hydrogen-bond acceptors (Lipinski definition) is 5. The average molecular weight is 421 g/mol. The molecule has 31 heavy (non-hydrogen) atoms. The number of aromatic amines is 1. The van der Waals surface area contributed by atoms with Gasteiger partial charge in [0, 0.05) is 68.4 Å². The Bertz CT molecular complexity index is 1080. The average Bonchev–Trinajstić information content (AvgIpc) is 3.15. The molecule has 1 unspecified atom stereocenters. The van der Waals surface area contributed by atoms with E-state index in [1.807, 2.05) is 55.3 Å². The molecule has 1 aliphatic rings. The highest BCUT2D eigenvalue weighted by Gasteiger charge is 2.29. The fraction of sp³-hybridized carbons (Fsp3) is 0.391. The second kappa shape index (κ2) is 8.75. The van der Waals surface area contributed by atoms with Gasteiger partial charge in [0.25, 0.3) is 0 Å². The summed E-state index contributed by atoms with van der Waals surface area (Å²) in [7, 11) is 0. The van der Waals surface area contributed by atoms with Gasteiger partial charge >= 0.3 is 0 Å². The van der Waals surface area contributed by atoms with Crippen molar-refractivity contribution in [2.45, 2.75) is 33.2 Å². The molecule has 2 aromatic heterocycles. The van der Waals surface area contributed by atoms with E-state index in [1.165, 1.54) is 6.92 Å². The quantitative estimate of drug-likeness (QED) is 0.658. The topological polar surface area (TPSA) is 94.2 Å². The highest BCUT2D eigenvalue weighted by Crippen LogP contribution is 2.20. The van der Waals surface area contributed by atoms with Crippen LogP contribution in [0.5, 0.6) is 0 Å². The van der Waals surface area contributed by atoms with E-state index < -0.39 is 6.04 Å². The molecule has 162 valence electrons. The monoisotopic (exact) mass is 420 g/mol. The van der Waals surface area contributed by atoms with Crippen molar-refractivity contribution in [1.82, 2.24) is 25.2 Å². The molecule has 1 atom stereocenters. The Labute approximate surface area is 181 Å². The van der Waals surface area contributed by atoms with Gasteiger partial charge in [-0.3, -0.25) is 9.59 Å². The van der Waals surface area contributed by atoms with Gasteiger partial charge in [-0.05, 0) is 25.5 Å². The van der Waals surface area contributed by atoms with Crippen molar-refractivity contribution in [1.29, 1.82) is 0 Å². The van der Waals surface area contributed by atoms with Gasteiger partial charge in [0.2, 0.25) is 11.8 Å². The number of aryl methyl sites for hydroxylation is 2. The van der Waals surface area contributed by atoms with Gasteiger partial charge in [-0.2, -0.15) is 0 Å². The highest BCUT2D eigenvalue weighted by molar-refractivity contribution is 5.89. The third kappa shape index (κ3) is 4.68. The van der Waals surface area contributed by atoms with E-state index in [-0.39, 0.29) is 11.8 Å². The minimum atomic E-state index is -0.591. The second-order valence-corrected chi connectivity index (χ2v) is 8.04. The first-order valence-corrected chi connectivity index (χ1v) is 10.6. The first-order valence-electron chi connectivity index (χ1n) is 10.6. The van der Waals surface area contributed by atoms with Crippen LogP contribution in [0, 0.1) is 13.8 Å². The molecule has 2 amide bonds. The number of aromatic nitrogens is 3. The van der Waals surface area contributed by atoms with Crippen molar-refractivity contribution in [3.63, 3.8) is 0 Å². The standard InChI is InChI=1S/C23H28N6O2/c1-15-12-22(26-16(2)25-15)28-8-10-29(11-9-28)23(31)21(27-17(3)30)13-18-14-24-20-7-5-4-6-19(18)20/h4-7,12,14,21,24H,8-11,13H2,1-3H3,(H,27,30). The lowest BCUT2D eigenvalue weighted by molar-refractivity contribution is -0.136.